The van der Waals surface area contributed by atoms with Crippen molar-refractivity contribution in [3.63, 3.8) is 0 Å². The van der Waals surface area contributed by atoms with E-state index < -0.39 is 11.7 Å². The van der Waals surface area contributed by atoms with Gasteiger partial charge in [-0.2, -0.15) is 0 Å². The molecule has 0 bridgehead atoms. The van der Waals surface area contributed by atoms with Crippen LogP contribution >= 0.6 is 0 Å². The Bertz CT molecular complexity index is 566. The topological polar surface area (TPSA) is 76.8 Å². The van der Waals surface area contributed by atoms with Crippen LogP contribution in [-0.4, -0.2) is 54.9 Å². The number of nitrogens with one attached hydrogen (secondary N) is 1. The van der Waals surface area contributed by atoms with E-state index in [1.54, 1.807) is 12.1 Å². The first-order valence-electron chi connectivity index (χ1n) is 9.08. The highest BCUT2D eigenvalue weighted by Gasteiger charge is 2.22. The molecule has 1 aliphatic heterocycles. The molecular weight excluding hydrogens is 337 g/mol. The molecule has 1 amide bonds. The molecule has 2 rings (SSSR count). The fourth-order valence-electron chi connectivity index (χ4n) is 2.84. The highest BCUT2D eigenvalue weighted by molar-refractivity contribution is 5.67. The van der Waals surface area contributed by atoms with Crippen LogP contribution in [0.1, 0.15) is 33.6 Å². The number of hydrogen-bond donors (Lipinski definition) is 2. The van der Waals surface area contributed by atoms with E-state index in [-0.39, 0.29) is 18.0 Å². The fourth-order valence-corrected chi connectivity index (χ4v) is 2.84. The van der Waals surface area contributed by atoms with Crippen LogP contribution in [0.5, 0.6) is 5.75 Å². The Balaban J connectivity index is 1.64. The molecule has 26 heavy (non-hydrogen) atoms. The number of amides is 1. The number of halogens is 1. The maximum absolute atomic E-state index is 12.9. The molecule has 1 aliphatic rings. The van der Waals surface area contributed by atoms with E-state index in [2.05, 4.69) is 10.2 Å². The molecule has 1 aromatic rings. The monoisotopic (exact) mass is 367 g/mol. The van der Waals surface area contributed by atoms with Crippen LogP contribution in [0.15, 0.2) is 24.3 Å². The lowest BCUT2D eigenvalue weighted by atomic mass is 10.1. The van der Waals surface area contributed by atoms with E-state index in [1.165, 1.54) is 12.1 Å². The van der Waals surface area contributed by atoms with Crippen molar-refractivity contribution in [2.75, 3.05) is 26.2 Å². The number of nitrogens with two attached hydrogens (primary N) is 1. The van der Waals surface area contributed by atoms with E-state index in [4.69, 9.17) is 15.2 Å². The van der Waals surface area contributed by atoms with Crippen molar-refractivity contribution in [2.45, 2.75) is 51.4 Å². The molecule has 0 saturated carbocycles. The summed E-state index contributed by atoms with van der Waals surface area (Å²) < 4.78 is 24.0. The molecule has 7 heteroatoms. The third-order valence-electron chi connectivity index (χ3n) is 4.05. The first kappa shape index (κ1) is 20.5. The van der Waals surface area contributed by atoms with E-state index in [1.807, 2.05) is 20.8 Å². The third-order valence-corrected chi connectivity index (χ3v) is 4.05. The lowest BCUT2D eigenvalue weighted by molar-refractivity contribution is 0.0519. The molecule has 0 aliphatic carbocycles. The molecule has 1 atom stereocenters. The number of carbonyl (C=O) groups excluding carboxylic acids is 1. The van der Waals surface area contributed by atoms with Gasteiger partial charge in [-0.3, -0.25) is 0 Å². The maximum Gasteiger partial charge on any atom is 0.407 e. The molecule has 1 heterocycles. The van der Waals surface area contributed by atoms with Gasteiger partial charge in [-0.05, 0) is 57.9 Å². The minimum absolute atomic E-state index is 0.132. The number of piperidine rings is 1. The van der Waals surface area contributed by atoms with Crippen LogP contribution in [0.4, 0.5) is 9.18 Å². The predicted molar refractivity (Wildman–Crippen MR) is 98.7 cm³/mol. The van der Waals surface area contributed by atoms with Gasteiger partial charge < -0.3 is 25.4 Å². The summed E-state index contributed by atoms with van der Waals surface area (Å²) in [5, 5.41) is 2.71. The Hall–Kier alpha value is -1.86. The van der Waals surface area contributed by atoms with Crippen molar-refractivity contribution in [3.05, 3.63) is 30.1 Å². The molecule has 0 radical (unpaired) electrons. The molecule has 1 fully saturated rings. The van der Waals surface area contributed by atoms with Gasteiger partial charge in [-0.25, -0.2) is 9.18 Å². The van der Waals surface area contributed by atoms with Gasteiger partial charge in [0, 0.05) is 32.2 Å². The molecule has 0 spiro atoms. The summed E-state index contributed by atoms with van der Waals surface area (Å²) in [5.41, 5.74) is 5.60. The minimum atomic E-state index is -0.513. The second-order valence-electron chi connectivity index (χ2n) is 7.71. The standard InChI is InChI=1S/C19H30FN3O3/c1-19(2,3)26-18(24)22-12-15(21)13-23-10-8-17(9-11-23)25-16-6-4-14(20)5-7-16/h4-7,15,17H,8-13,21H2,1-3H3,(H,22,24)/t15-/m1/s1. The van der Waals surface area contributed by atoms with Crippen molar-refractivity contribution < 1.29 is 18.7 Å². The average Bonchev–Trinajstić information content (AvgIpc) is 2.55. The molecule has 146 valence electrons. The summed E-state index contributed by atoms with van der Waals surface area (Å²) in [7, 11) is 0. The van der Waals surface area contributed by atoms with E-state index in [0.29, 0.717) is 18.8 Å². The second-order valence-corrected chi connectivity index (χ2v) is 7.71. The zero-order chi connectivity index (χ0) is 19.2. The number of rotatable bonds is 6. The number of benzene rings is 1. The zero-order valence-corrected chi connectivity index (χ0v) is 15.8. The lowest BCUT2D eigenvalue weighted by Gasteiger charge is -2.33. The van der Waals surface area contributed by atoms with E-state index in [9.17, 15) is 9.18 Å². The molecular formula is C19H30FN3O3. The van der Waals surface area contributed by atoms with Crippen molar-refractivity contribution >= 4 is 6.09 Å². The third kappa shape index (κ3) is 7.58. The summed E-state index contributed by atoms with van der Waals surface area (Å²) in [6.45, 7) is 8.32. The van der Waals surface area contributed by atoms with Gasteiger partial charge in [0.15, 0.2) is 0 Å². The molecule has 3 N–H and O–H groups in total. The van der Waals surface area contributed by atoms with Crippen LogP contribution in [-0.2, 0) is 4.74 Å². The number of ether oxygens (including phenoxy) is 2. The number of alkyl carbamates (subject to hydrolysis) is 1. The van der Waals surface area contributed by atoms with Crippen molar-refractivity contribution in [1.29, 1.82) is 0 Å². The predicted octanol–water partition coefficient (Wildman–Crippen LogP) is 2.52. The highest BCUT2D eigenvalue weighted by atomic mass is 19.1. The SMILES string of the molecule is CC(C)(C)OC(=O)NC[C@@H](N)CN1CCC(Oc2ccc(F)cc2)CC1. The Labute approximate surface area is 154 Å². The van der Waals surface area contributed by atoms with Gasteiger partial charge >= 0.3 is 6.09 Å². The van der Waals surface area contributed by atoms with Gasteiger partial charge in [0.25, 0.3) is 0 Å². The number of hydrogen-bond acceptors (Lipinski definition) is 5. The quantitative estimate of drug-likeness (QED) is 0.808. The molecule has 6 nitrogen and oxygen atoms in total. The van der Waals surface area contributed by atoms with Gasteiger partial charge in [0.05, 0.1) is 0 Å². The molecule has 1 aromatic carbocycles. The van der Waals surface area contributed by atoms with Crippen LogP contribution < -0.4 is 15.8 Å². The van der Waals surface area contributed by atoms with Gasteiger partial charge in [-0.15, -0.1) is 0 Å². The first-order chi connectivity index (χ1) is 12.2. The van der Waals surface area contributed by atoms with Crippen molar-refractivity contribution in [1.82, 2.24) is 10.2 Å². The van der Waals surface area contributed by atoms with Crippen LogP contribution in [0, 0.1) is 5.82 Å². The van der Waals surface area contributed by atoms with Gasteiger partial charge in [-0.1, -0.05) is 0 Å². The summed E-state index contributed by atoms with van der Waals surface area (Å²) in [5.74, 6) is 0.435. The highest BCUT2D eigenvalue weighted by Crippen LogP contribution is 2.19. The van der Waals surface area contributed by atoms with Crippen LogP contribution in [0.25, 0.3) is 0 Å². The smallest absolute Gasteiger partial charge is 0.407 e. The average molecular weight is 367 g/mol. The zero-order valence-electron chi connectivity index (χ0n) is 15.8. The Morgan fingerprint density at radius 1 is 1.31 bits per heavy atom. The van der Waals surface area contributed by atoms with E-state index in [0.717, 1.165) is 25.9 Å². The summed E-state index contributed by atoms with van der Waals surface area (Å²) in [6.07, 6.45) is 1.47. The summed E-state index contributed by atoms with van der Waals surface area (Å²) >= 11 is 0. The number of likely N-dealkylation sites (tertiary alicyclic amines) is 1. The van der Waals surface area contributed by atoms with Gasteiger partial charge in [0.1, 0.15) is 23.3 Å². The normalized spacial score (nSPS) is 17.6. The summed E-state index contributed by atoms with van der Waals surface area (Å²) in [6, 6.07) is 5.96. The summed E-state index contributed by atoms with van der Waals surface area (Å²) in [4.78, 5) is 13.9. The molecule has 0 aromatic heterocycles. The number of carbonyl (C=O) groups is 1. The largest absolute Gasteiger partial charge is 0.490 e. The number of nitrogens with zero attached hydrogens (tertiary/aromatic N) is 1. The Morgan fingerprint density at radius 3 is 2.50 bits per heavy atom. The van der Waals surface area contributed by atoms with Gasteiger partial charge in [0.2, 0.25) is 0 Å². The van der Waals surface area contributed by atoms with Crippen molar-refractivity contribution in [2.24, 2.45) is 5.73 Å². The molecule has 0 unspecified atom stereocenters. The molecule has 1 saturated heterocycles. The van der Waals surface area contributed by atoms with E-state index >= 15 is 0 Å². The lowest BCUT2D eigenvalue weighted by Crippen LogP contribution is -2.48. The first-order valence-corrected chi connectivity index (χ1v) is 9.08. The Morgan fingerprint density at radius 2 is 1.92 bits per heavy atom. The fraction of sp³-hybridized carbons (Fsp3) is 0.632. The second kappa shape index (κ2) is 9.19. The Kier molecular flexibility index (Phi) is 7.23. The maximum atomic E-state index is 12.9. The minimum Gasteiger partial charge on any atom is -0.490 e. The van der Waals surface area contributed by atoms with Crippen LogP contribution in [0.2, 0.25) is 0 Å². The van der Waals surface area contributed by atoms with Crippen molar-refractivity contribution in [3.8, 4) is 5.75 Å². The van der Waals surface area contributed by atoms with Crippen LogP contribution in [0.3, 0.4) is 0 Å².